The predicted molar refractivity (Wildman–Crippen MR) is 148 cm³/mol. The third-order valence-electron chi connectivity index (χ3n) is 5.95. The summed E-state index contributed by atoms with van der Waals surface area (Å²) in [5, 5.41) is 6.13. The molecule has 0 fully saturated rings. The number of nitrogens with one attached hydrogen (secondary N) is 3. The molecule has 9 nitrogen and oxygen atoms in total. The molecule has 3 amide bonds. The van der Waals surface area contributed by atoms with Crippen molar-refractivity contribution < 1.29 is 27.6 Å². The van der Waals surface area contributed by atoms with Crippen molar-refractivity contribution in [3.63, 3.8) is 0 Å². The van der Waals surface area contributed by atoms with Crippen molar-refractivity contribution in [2.45, 2.75) is 19.5 Å². The van der Waals surface area contributed by atoms with E-state index >= 15 is 0 Å². The van der Waals surface area contributed by atoms with Crippen LogP contribution in [0.1, 0.15) is 37.7 Å². The summed E-state index contributed by atoms with van der Waals surface area (Å²) in [5.74, 6) is 4.08. The fraction of sp³-hybridized carbons (Fsp3) is 0.154. The quantitative estimate of drug-likeness (QED) is 0.141. The zero-order chi connectivity index (χ0) is 28.5. The first-order chi connectivity index (χ1) is 18.4. The molecule has 1 heterocycles. The molecule has 0 aliphatic carbocycles. The molecule has 0 saturated carbocycles. The highest BCUT2D eigenvalue weighted by Crippen LogP contribution is 2.33. The van der Waals surface area contributed by atoms with Gasteiger partial charge in [-0.1, -0.05) is 29.8 Å². The standard InChI is InChI=1S/C26H22ClF3N6O3.ClH/c1-13-18(27)8-5-9-19(13)34-24(38)16-10-14(11-20-23(16)35-21(33-20)12-22(37)32-2)36(31)25(39)15-6-3-4-7-17(15)26(28,29)30;/h3-11H,12,31H2,1-2H3,(H,32,37)(H,33,35)(H,34,38);1H. The number of benzene rings is 3. The second-order valence-electron chi connectivity index (χ2n) is 8.51. The van der Waals surface area contributed by atoms with Gasteiger partial charge < -0.3 is 15.6 Å². The fourth-order valence-corrected chi connectivity index (χ4v) is 4.06. The van der Waals surface area contributed by atoms with Gasteiger partial charge in [0.15, 0.2) is 0 Å². The van der Waals surface area contributed by atoms with Crippen LogP contribution in [0.2, 0.25) is 5.02 Å². The Labute approximate surface area is 237 Å². The second-order valence-corrected chi connectivity index (χ2v) is 8.92. The third kappa shape index (κ3) is 6.19. The fourth-order valence-electron chi connectivity index (χ4n) is 3.89. The summed E-state index contributed by atoms with van der Waals surface area (Å²) < 4.78 is 40.6. The van der Waals surface area contributed by atoms with Gasteiger partial charge >= 0.3 is 6.18 Å². The first-order valence-electron chi connectivity index (χ1n) is 11.5. The highest BCUT2D eigenvalue weighted by Gasteiger charge is 2.36. The van der Waals surface area contributed by atoms with Gasteiger partial charge in [-0.3, -0.25) is 14.4 Å². The molecule has 40 heavy (non-hydrogen) atoms. The number of H-pyrrole nitrogens is 1. The normalized spacial score (nSPS) is 11.1. The number of nitrogens with zero attached hydrogens (tertiary/aromatic N) is 2. The van der Waals surface area contributed by atoms with Crippen molar-refractivity contribution in [2.24, 2.45) is 5.84 Å². The molecule has 210 valence electrons. The number of aromatic nitrogens is 2. The van der Waals surface area contributed by atoms with E-state index in [4.69, 9.17) is 17.4 Å². The van der Waals surface area contributed by atoms with E-state index in [9.17, 15) is 27.6 Å². The molecule has 5 N–H and O–H groups in total. The summed E-state index contributed by atoms with van der Waals surface area (Å²) in [6.45, 7) is 1.71. The first kappa shape index (κ1) is 30.4. The minimum Gasteiger partial charge on any atom is -0.359 e. The topological polar surface area (TPSA) is 133 Å². The van der Waals surface area contributed by atoms with Crippen LogP contribution in [0.25, 0.3) is 11.0 Å². The van der Waals surface area contributed by atoms with Crippen LogP contribution < -0.4 is 21.5 Å². The van der Waals surface area contributed by atoms with E-state index in [1.54, 1.807) is 25.1 Å². The van der Waals surface area contributed by atoms with Gasteiger partial charge in [0.2, 0.25) is 5.91 Å². The molecule has 0 saturated heterocycles. The first-order valence-corrected chi connectivity index (χ1v) is 11.8. The highest BCUT2D eigenvalue weighted by molar-refractivity contribution is 6.31. The number of alkyl halides is 3. The third-order valence-corrected chi connectivity index (χ3v) is 6.36. The van der Waals surface area contributed by atoms with Crippen molar-refractivity contribution >= 4 is 64.1 Å². The lowest BCUT2D eigenvalue weighted by Crippen LogP contribution is -2.38. The summed E-state index contributed by atoms with van der Waals surface area (Å²) in [6.07, 6.45) is -4.94. The zero-order valence-electron chi connectivity index (χ0n) is 21.0. The van der Waals surface area contributed by atoms with Gasteiger partial charge in [0, 0.05) is 17.8 Å². The van der Waals surface area contributed by atoms with E-state index in [-0.39, 0.29) is 52.8 Å². The average molecular weight is 595 g/mol. The molecule has 4 rings (SSSR count). The van der Waals surface area contributed by atoms with Crippen LogP contribution in [0.15, 0.2) is 54.6 Å². The molecule has 0 unspecified atom stereocenters. The second kappa shape index (κ2) is 11.9. The summed E-state index contributed by atoms with van der Waals surface area (Å²) in [4.78, 5) is 45.7. The Kier molecular flexibility index (Phi) is 9.08. The SMILES string of the molecule is CNC(=O)Cc1nc2c(C(=O)Nc3cccc(Cl)c3C)cc(N(N)C(=O)c3ccccc3C(F)(F)F)cc2[nH]1.Cl. The average Bonchev–Trinajstić information content (AvgIpc) is 3.31. The van der Waals surface area contributed by atoms with E-state index in [1.165, 1.54) is 25.2 Å². The number of carbonyl (C=O) groups is 3. The summed E-state index contributed by atoms with van der Waals surface area (Å²) in [5.41, 5.74) is -0.568. The number of hydrogen-bond donors (Lipinski definition) is 4. The molecule has 0 bridgehead atoms. The van der Waals surface area contributed by atoms with Crippen molar-refractivity contribution in [1.29, 1.82) is 0 Å². The Morgan fingerprint density at radius 1 is 1.07 bits per heavy atom. The van der Waals surface area contributed by atoms with Crippen LogP contribution in [0.4, 0.5) is 24.5 Å². The van der Waals surface area contributed by atoms with Gasteiger partial charge in [0.05, 0.1) is 34.3 Å². The number of hydrogen-bond acceptors (Lipinski definition) is 5. The number of fused-ring (bicyclic) bond motifs is 1. The zero-order valence-corrected chi connectivity index (χ0v) is 22.6. The molecule has 4 aromatic rings. The molecule has 0 aliphatic heterocycles. The smallest absolute Gasteiger partial charge is 0.359 e. The number of rotatable bonds is 6. The van der Waals surface area contributed by atoms with E-state index in [0.29, 0.717) is 21.3 Å². The van der Waals surface area contributed by atoms with Gasteiger partial charge in [0.25, 0.3) is 11.8 Å². The molecule has 0 aliphatic rings. The maximum absolute atomic E-state index is 13.5. The van der Waals surface area contributed by atoms with E-state index in [2.05, 4.69) is 20.6 Å². The Hall–Kier alpha value is -4.13. The van der Waals surface area contributed by atoms with Gasteiger partial charge in [-0.25, -0.2) is 15.8 Å². The molecule has 3 aromatic carbocycles. The van der Waals surface area contributed by atoms with Crippen molar-refractivity contribution in [2.75, 3.05) is 17.4 Å². The minimum absolute atomic E-state index is 0. The Bertz CT molecular complexity index is 1610. The Morgan fingerprint density at radius 3 is 2.45 bits per heavy atom. The van der Waals surface area contributed by atoms with Crippen LogP contribution in [-0.2, 0) is 17.4 Å². The van der Waals surface area contributed by atoms with Gasteiger partial charge in [-0.05, 0) is 48.9 Å². The molecule has 1 aromatic heterocycles. The summed E-state index contributed by atoms with van der Waals surface area (Å²) in [7, 11) is 1.45. The maximum Gasteiger partial charge on any atom is 0.417 e. The minimum atomic E-state index is -4.80. The summed E-state index contributed by atoms with van der Waals surface area (Å²) in [6, 6.07) is 11.7. The number of anilines is 2. The maximum atomic E-state index is 13.5. The lowest BCUT2D eigenvalue weighted by atomic mass is 10.1. The van der Waals surface area contributed by atoms with Gasteiger partial charge in [-0.2, -0.15) is 13.2 Å². The Balaban J connectivity index is 0.00000441. The largest absolute Gasteiger partial charge is 0.417 e. The molecule has 0 radical (unpaired) electrons. The number of halogens is 5. The summed E-state index contributed by atoms with van der Waals surface area (Å²) >= 11 is 6.16. The molecular formula is C26H23Cl2F3N6O3. The number of imidazole rings is 1. The molecule has 14 heteroatoms. The van der Waals surface area contributed by atoms with E-state index in [1.807, 2.05) is 0 Å². The predicted octanol–water partition coefficient (Wildman–Crippen LogP) is 5.03. The van der Waals surface area contributed by atoms with Crippen LogP contribution in [-0.4, -0.2) is 34.7 Å². The van der Waals surface area contributed by atoms with Gasteiger partial charge in [-0.15, -0.1) is 12.4 Å². The van der Waals surface area contributed by atoms with Crippen LogP contribution in [0.5, 0.6) is 0 Å². The Morgan fingerprint density at radius 2 is 1.77 bits per heavy atom. The van der Waals surface area contributed by atoms with Crippen LogP contribution >= 0.6 is 24.0 Å². The van der Waals surface area contributed by atoms with Crippen molar-refractivity contribution in [3.05, 3.63) is 87.7 Å². The lowest BCUT2D eigenvalue weighted by molar-refractivity contribution is -0.137. The molecule has 0 spiro atoms. The van der Waals surface area contributed by atoms with Crippen molar-refractivity contribution in [3.8, 4) is 0 Å². The molecule has 0 atom stereocenters. The lowest BCUT2D eigenvalue weighted by Gasteiger charge is -2.20. The number of hydrazine groups is 1. The van der Waals surface area contributed by atoms with Crippen LogP contribution in [0.3, 0.4) is 0 Å². The highest BCUT2D eigenvalue weighted by atomic mass is 35.5. The molecular weight excluding hydrogens is 572 g/mol. The number of carbonyl (C=O) groups excluding carboxylic acids is 3. The van der Waals surface area contributed by atoms with E-state index < -0.39 is 29.1 Å². The van der Waals surface area contributed by atoms with Gasteiger partial charge in [0.1, 0.15) is 11.3 Å². The van der Waals surface area contributed by atoms with Crippen LogP contribution in [0, 0.1) is 6.92 Å². The number of aromatic amines is 1. The number of amides is 3. The number of likely N-dealkylation sites (N-methyl/N-ethyl adjacent to an activating group) is 1. The van der Waals surface area contributed by atoms with E-state index in [0.717, 1.165) is 18.2 Å². The van der Waals surface area contributed by atoms with Crippen molar-refractivity contribution in [1.82, 2.24) is 15.3 Å². The monoisotopic (exact) mass is 594 g/mol. The number of nitrogens with two attached hydrogens (primary N) is 1.